The summed E-state index contributed by atoms with van der Waals surface area (Å²) < 4.78 is 34.0. The Bertz CT molecular complexity index is 2350. The number of amides is 7. The smallest absolute Gasteiger partial charge is 0.543 e. The maximum absolute atomic E-state index is 13.3. The van der Waals surface area contributed by atoms with E-state index < -0.39 is 132 Å². The van der Waals surface area contributed by atoms with Crippen LogP contribution in [0.4, 0.5) is 4.79 Å². The molecular formula is C39H45N6NaO16S2. The van der Waals surface area contributed by atoms with E-state index in [1.54, 1.807) is 71.9 Å². The SMILES string of the molecule is CC(=O)OCC1=C(C(=O)[O-])N2C(=O)/C(=C/C(=O)OC(C)(C)C)[C@H]2S(=O)(=O)C1.CCN1CCN(C(=O)NC(C(=O)N[C@H]2C(=O)N3[C@H]2SC(C)(C)[C@H]3C(=O)O)c2ccccc2)C(=O)C1=O.[Na+]. The van der Waals surface area contributed by atoms with E-state index in [1.807, 2.05) is 0 Å². The van der Waals surface area contributed by atoms with Crippen LogP contribution in [0.5, 0.6) is 0 Å². The first-order chi connectivity index (χ1) is 29.2. The number of carboxylic acid groups (broad SMARTS) is 2. The number of thioether (sulfide) groups is 1. The number of sulfone groups is 1. The van der Waals surface area contributed by atoms with Crippen LogP contribution >= 0.6 is 11.8 Å². The second-order valence-electron chi connectivity index (χ2n) is 16.2. The number of carbonyl (C=O) groups excluding carboxylic acids is 9. The number of β-lactam (4-membered cyclic amide) rings is 2. The Kier molecular flexibility index (Phi) is 15.6. The van der Waals surface area contributed by atoms with Gasteiger partial charge in [-0.15, -0.1) is 11.8 Å². The fourth-order valence-electron chi connectivity index (χ4n) is 7.39. The molecule has 25 heteroatoms. The minimum atomic E-state index is -4.07. The third kappa shape index (κ3) is 10.5. The average molecular weight is 941 g/mol. The Morgan fingerprint density at radius 2 is 1.64 bits per heavy atom. The summed E-state index contributed by atoms with van der Waals surface area (Å²) in [6, 6.07) is 4.11. The first-order valence-corrected chi connectivity index (χ1v) is 21.9. The molecule has 5 atom stereocenters. The number of rotatable bonds is 10. The molecule has 22 nitrogen and oxygen atoms in total. The number of fused-ring (bicyclic) bond motifs is 2. The van der Waals surface area contributed by atoms with Crippen LogP contribution in [0.3, 0.4) is 0 Å². The number of imide groups is 1. The molecule has 340 valence electrons. The molecule has 4 fully saturated rings. The Labute approximate surface area is 393 Å². The molecule has 1 aromatic carbocycles. The van der Waals surface area contributed by atoms with Crippen molar-refractivity contribution in [3.8, 4) is 0 Å². The summed E-state index contributed by atoms with van der Waals surface area (Å²) in [5.41, 5.74) is -1.82. The molecule has 5 heterocycles. The van der Waals surface area contributed by atoms with Gasteiger partial charge in [-0.3, -0.25) is 38.6 Å². The molecule has 0 aromatic heterocycles. The molecular weight excluding hydrogens is 896 g/mol. The number of carbonyl (C=O) groups is 10. The van der Waals surface area contributed by atoms with Gasteiger partial charge >= 0.3 is 65.3 Å². The van der Waals surface area contributed by atoms with Crippen molar-refractivity contribution in [3.63, 3.8) is 0 Å². The van der Waals surface area contributed by atoms with E-state index >= 15 is 0 Å². The van der Waals surface area contributed by atoms with Crippen molar-refractivity contribution in [3.05, 3.63) is 58.8 Å². The van der Waals surface area contributed by atoms with E-state index in [0.717, 1.165) is 17.9 Å². The Morgan fingerprint density at radius 1 is 1.02 bits per heavy atom. The molecule has 1 aromatic rings. The molecule has 7 amide bonds. The molecule has 3 N–H and O–H groups in total. The number of esters is 2. The number of hydrogen-bond acceptors (Lipinski definition) is 16. The average Bonchev–Trinajstić information content (AvgIpc) is 3.44. The number of nitrogens with one attached hydrogen (secondary N) is 2. The summed E-state index contributed by atoms with van der Waals surface area (Å²) in [5, 5.41) is 24.0. The Balaban J connectivity index is 0.000000288. The number of urea groups is 1. The van der Waals surface area contributed by atoms with Gasteiger partial charge in [-0.2, -0.15) is 0 Å². The second-order valence-corrected chi connectivity index (χ2v) is 20.0. The number of aliphatic carboxylic acids is 2. The number of piperazine rings is 1. The molecule has 1 unspecified atom stereocenters. The zero-order valence-corrected chi connectivity index (χ0v) is 39.7. The quantitative estimate of drug-likeness (QED) is 0.0652. The molecule has 0 bridgehead atoms. The molecule has 4 saturated heterocycles. The van der Waals surface area contributed by atoms with Gasteiger partial charge in [-0.25, -0.2) is 22.8 Å². The van der Waals surface area contributed by atoms with E-state index in [9.17, 15) is 66.6 Å². The predicted molar refractivity (Wildman–Crippen MR) is 214 cm³/mol. The number of benzene rings is 1. The van der Waals surface area contributed by atoms with Crippen LogP contribution in [0, 0.1) is 0 Å². The zero-order valence-electron chi connectivity index (χ0n) is 36.1. The molecule has 0 aliphatic carbocycles. The van der Waals surface area contributed by atoms with Gasteiger partial charge in [0.15, 0.2) is 15.2 Å². The van der Waals surface area contributed by atoms with Gasteiger partial charge in [-0.1, -0.05) is 30.3 Å². The van der Waals surface area contributed by atoms with Crippen molar-refractivity contribution >= 4 is 81.0 Å². The third-order valence-electron chi connectivity index (χ3n) is 10.2. The maximum Gasteiger partial charge on any atom is 1.00 e. The van der Waals surface area contributed by atoms with Gasteiger partial charge in [0, 0.05) is 43.0 Å². The maximum atomic E-state index is 13.3. The minimum Gasteiger partial charge on any atom is -0.543 e. The first kappa shape index (κ1) is 51.3. The van der Waals surface area contributed by atoms with Gasteiger partial charge in [0.25, 0.3) is 5.91 Å². The molecule has 5 aliphatic heterocycles. The predicted octanol–water partition coefficient (Wildman–Crippen LogP) is -4.82. The molecule has 6 rings (SSSR count). The van der Waals surface area contributed by atoms with Crippen LogP contribution in [0.2, 0.25) is 0 Å². The summed E-state index contributed by atoms with van der Waals surface area (Å²) in [6.07, 6.45) is 0.746. The number of hydrogen-bond donors (Lipinski definition) is 3. The normalized spacial score (nSPS) is 24.1. The van der Waals surface area contributed by atoms with E-state index in [0.29, 0.717) is 17.0 Å². The van der Waals surface area contributed by atoms with Crippen LogP contribution in [0.1, 0.15) is 60.1 Å². The summed E-state index contributed by atoms with van der Waals surface area (Å²) in [7, 11) is -4.07. The Hall–Kier alpha value is -5.30. The third-order valence-corrected chi connectivity index (χ3v) is 13.6. The van der Waals surface area contributed by atoms with E-state index in [-0.39, 0.29) is 48.2 Å². The van der Waals surface area contributed by atoms with Crippen molar-refractivity contribution in [2.75, 3.05) is 32.0 Å². The number of ether oxygens (including phenoxy) is 2. The van der Waals surface area contributed by atoms with Crippen molar-refractivity contribution in [1.82, 2.24) is 30.2 Å². The van der Waals surface area contributed by atoms with Gasteiger partial charge in [-0.05, 0) is 47.1 Å². The van der Waals surface area contributed by atoms with Crippen molar-refractivity contribution in [1.29, 1.82) is 0 Å². The first-order valence-electron chi connectivity index (χ1n) is 19.3. The van der Waals surface area contributed by atoms with Crippen molar-refractivity contribution < 1.29 is 106 Å². The molecule has 0 saturated carbocycles. The molecule has 0 spiro atoms. The topological polar surface area (TPSA) is 304 Å². The van der Waals surface area contributed by atoms with Crippen LogP contribution in [0.25, 0.3) is 0 Å². The molecule has 64 heavy (non-hydrogen) atoms. The minimum absolute atomic E-state index is 0. The summed E-state index contributed by atoms with van der Waals surface area (Å²) >= 11 is 1.28. The number of nitrogens with zero attached hydrogens (tertiary/aromatic N) is 4. The second kappa shape index (κ2) is 19.4. The monoisotopic (exact) mass is 940 g/mol. The molecule has 5 aliphatic rings. The van der Waals surface area contributed by atoms with Crippen LogP contribution in [-0.4, -0.2) is 158 Å². The fraction of sp³-hybridized carbons (Fsp3) is 0.487. The van der Waals surface area contributed by atoms with E-state index in [4.69, 9.17) is 4.74 Å². The summed E-state index contributed by atoms with van der Waals surface area (Å²) in [4.78, 5) is 126. The van der Waals surface area contributed by atoms with Crippen molar-refractivity contribution in [2.24, 2.45) is 0 Å². The van der Waals surface area contributed by atoms with Crippen molar-refractivity contribution in [2.45, 2.75) is 87.7 Å². The fourth-order valence-corrected chi connectivity index (χ4v) is 11.0. The van der Waals surface area contributed by atoms with Gasteiger partial charge < -0.3 is 44.9 Å². The van der Waals surface area contributed by atoms with Gasteiger partial charge in [0.1, 0.15) is 35.7 Å². The van der Waals surface area contributed by atoms with Crippen LogP contribution in [-0.2, 0) is 62.5 Å². The number of carboxylic acids is 2. The van der Waals surface area contributed by atoms with Crippen LogP contribution < -0.4 is 45.3 Å². The zero-order chi connectivity index (χ0) is 47.1. The standard InChI is InChI=1S/C23H27N5O7S.C16H19NO9S.Na/c1-4-26-10-11-27(19(32)18(26)31)22(35)25-13(12-8-6-5-7-9-12)16(29)24-14-17(30)28-15(21(33)34)23(2,3)36-20(14)28;1-8(18)25-6-9-7-27(23,24)14-10(5-11(19)26-16(2,3)4)13(20)17(14)12(9)15(21)22;/h5-9,13-15,20H,4,10-11H2,1-3H3,(H,24,29)(H,25,35)(H,33,34);5,14H,6-7H2,1-4H3,(H,21,22);/q;;+1/p-1/b;10-5-;/t13?,14-,15+,20-;14-;/m01./s1. The van der Waals surface area contributed by atoms with E-state index in [1.165, 1.54) is 21.6 Å². The molecule has 0 radical (unpaired) electrons. The largest absolute Gasteiger partial charge is 1.00 e. The Morgan fingerprint density at radius 3 is 2.19 bits per heavy atom. The summed E-state index contributed by atoms with van der Waals surface area (Å²) in [5.74, 6) is -9.32. The number of likely N-dealkylation sites (N-methyl/N-ethyl adjacent to an activating group) is 1. The van der Waals surface area contributed by atoms with Gasteiger partial charge in [0.2, 0.25) is 11.8 Å². The van der Waals surface area contributed by atoms with E-state index in [2.05, 4.69) is 15.4 Å². The van der Waals surface area contributed by atoms with Gasteiger partial charge in [0.05, 0.1) is 23.0 Å². The van der Waals surface area contributed by atoms with Crippen LogP contribution in [0.15, 0.2) is 53.3 Å². The summed E-state index contributed by atoms with van der Waals surface area (Å²) in [6.45, 7) is 10.9.